The minimum Gasteiger partial charge on any atom is -0.306 e. The summed E-state index contributed by atoms with van der Waals surface area (Å²) in [6, 6.07) is 18.8. The Morgan fingerprint density at radius 1 is 1.04 bits per heavy atom. The average molecular weight is 413 g/mol. The average Bonchev–Trinajstić information content (AvgIpc) is 3.30. The summed E-state index contributed by atoms with van der Waals surface area (Å²) < 4.78 is 4.52. The van der Waals surface area contributed by atoms with Gasteiger partial charge in [0.05, 0.1) is 16.0 Å². The van der Waals surface area contributed by atoms with Crippen LogP contribution in [0.15, 0.2) is 64.1 Å². The first-order chi connectivity index (χ1) is 13.2. The molecule has 2 aromatic heterocycles. The van der Waals surface area contributed by atoms with E-state index in [0.717, 1.165) is 33.1 Å². The van der Waals surface area contributed by atoms with Crippen molar-refractivity contribution in [2.75, 3.05) is 0 Å². The largest absolute Gasteiger partial charge is 0.306 e. The zero-order valence-electron chi connectivity index (χ0n) is 15.2. The summed E-state index contributed by atoms with van der Waals surface area (Å²) >= 11 is 5.23. The van der Waals surface area contributed by atoms with Gasteiger partial charge in [-0.3, -0.25) is 0 Å². The van der Waals surface area contributed by atoms with Gasteiger partial charge >= 0.3 is 0 Å². The topological polar surface area (TPSA) is 43.6 Å². The lowest BCUT2D eigenvalue weighted by molar-refractivity contribution is 0.658. The third kappa shape index (κ3) is 4.20. The van der Waals surface area contributed by atoms with Gasteiger partial charge in [-0.15, -0.1) is 21.5 Å². The third-order valence-electron chi connectivity index (χ3n) is 4.26. The van der Waals surface area contributed by atoms with Crippen LogP contribution >= 0.6 is 34.9 Å². The molecule has 4 rings (SSSR count). The lowest BCUT2D eigenvalue weighted by atomic mass is 10.2. The molecule has 2 aromatic carbocycles. The highest BCUT2D eigenvalue weighted by molar-refractivity contribution is 8.00. The van der Waals surface area contributed by atoms with Crippen LogP contribution < -0.4 is 0 Å². The van der Waals surface area contributed by atoms with Crippen LogP contribution in [0.4, 0.5) is 0 Å². The van der Waals surface area contributed by atoms with Crippen LogP contribution in [0.25, 0.3) is 10.2 Å². The zero-order chi connectivity index (χ0) is 18.6. The zero-order valence-corrected chi connectivity index (χ0v) is 17.7. The van der Waals surface area contributed by atoms with Crippen LogP contribution in [-0.4, -0.2) is 19.7 Å². The van der Waals surface area contributed by atoms with Crippen LogP contribution in [0.3, 0.4) is 0 Å². The lowest BCUT2D eigenvalue weighted by Gasteiger charge is -2.12. The molecule has 0 saturated heterocycles. The molecule has 0 spiro atoms. The van der Waals surface area contributed by atoms with E-state index >= 15 is 0 Å². The molecule has 27 heavy (non-hydrogen) atoms. The Morgan fingerprint density at radius 2 is 1.81 bits per heavy atom. The van der Waals surface area contributed by atoms with E-state index in [1.54, 1.807) is 34.9 Å². The molecule has 7 heteroatoms. The van der Waals surface area contributed by atoms with Crippen molar-refractivity contribution in [1.29, 1.82) is 0 Å². The Morgan fingerprint density at radius 3 is 2.59 bits per heavy atom. The van der Waals surface area contributed by atoms with Crippen molar-refractivity contribution in [3.63, 3.8) is 0 Å². The third-order valence-corrected chi connectivity index (χ3v) is 7.57. The molecular weight excluding hydrogens is 392 g/mol. The van der Waals surface area contributed by atoms with Crippen molar-refractivity contribution in [1.82, 2.24) is 19.7 Å². The molecule has 2 heterocycles. The van der Waals surface area contributed by atoms with Gasteiger partial charge in [-0.25, -0.2) is 4.98 Å². The fraction of sp³-hybridized carbons (Fsp3) is 0.250. The SMILES string of the molecule is CCn1c(CSc2nc3ccccc3s2)nnc1S[C@H](C)c1ccccc1. The highest BCUT2D eigenvalue weighted by atomic mass is 32.2. The molecule has 0 fully saturated rings. The summed E-state index contributed by atoms with van der Waals surface area (Å²) in [5.74, 6) is 1.78. The van der Waals surface area contributed by atoms with Crippen molar-refractivity contribution in [3.8, 4) is 0 Å². The van der Waals surface area contributed by atoms with Crippen molar-refractivity contribution in [2.24, 2.45) is 0 Å². The highest BCUT2D eigenvalue weighted by Gasteiger charge is 2.16. The second-order valence-corrected chi connectivity index (χ2v) is 9.61. The molecule has 138 valence electrons. The summed E-state index contributed by atoms with van der Waals surface area (Å²) in [7, 11) is 0. The van der Waals surface area contributed by atoms with E-state index in [2.05, 4.69) is 71.1 Å². The monoisotopic (exact) mass is 412 g/mol. The predicted molar refractivity (Wildman–Crippen MR) is 116 cm³/mol. The van der Waals surface area contributed by atoms with Gasteiger partial charge in [-0.1, -0.05) is 66.0 Å². The number of aromatic nitrogens is 4. The van der Waals surface area contributed by atoms with E-state index in [1.807, 2.05) is 12.1 Å². The van der Waals surface area contributed by atoms with Gasteiger partial charge in [0.2, 0.25) is 0 Å². The molecule has 1 atom stereocenters. The van der Waals surface area contributed by atoms with Crippen molar-refractivity contribution >= 4 is 45.1 Å². The van der Waals surface area contributed by atoms with E-state index in [-0.39, 0.29) is 0 Å². The maximum Gasteiger partial charge on any atom is 0.191 e. The predicted octanol–water partition coefficient (Wildman–Crippen LogP) is 6.05. The summed E-state index contributed by atoms with van der Waals surface area (Å²) in [6.45, 7) is 5.23. The van der Waals surface area contributed by atoms with E-state index in [0.29, 0.717) is 5.25 Å². The van der Waals surface area contributed by atoms with Crippen LogP contribution in [-0.2, 0) is 12.3 Å². The first-order valence-electron chi connectivity index (χ1n) is 8.86. The second kappa shape index (κ2) is 8.46. The number of rotatable bonds is 7. The molecule has 4 aromatic rings. The molecular formula is C20H20N4S3. The molecule has 0 amide bonds. The summed E-state index contributed by atoms with van der Waals surface area (Å²) in [5, 5.41) is 10.2. The number of thioether (sulfide) groups is 2. The van der Waals surface area contributed by atoms with Crippen LogP contribution in [0.1, 0.15) is 30.5 Å². The molecule has 0 N–H and O–H groups in total. The number of hydrogen-bond donors (Lipinski definition) is 0. The van der Waals surface area contributed by atoms with Gasteiger partial charge in [-0.2, -0.15) is 0 Å². The second-order valence-electron chi connectivity index (χ2n) is 6.05. The number of para-hydroxylation sites is 1. The van der Waals surface area contributed by atoms with E-state index in [9.17, 15) is 0 Å². The number of nitrogens with zero attached hydrogens (tertiary/aromatic N) is 4. The van der Waals surface area contributed by atoms with Crippen LogP contribution in [0, 0.1) is 0 Å². The minimum atomic E-state index is 0.338. The standard InChI is InChI=1S/C20H20N4S3/c1-3-24-18(13-25-20-21-16-11-7-8-12-17(16)27-20)22-23-19(24)26-14(2)15-9-5-4-6-10-15/h4-12,14H,3,13H2,1-2H3/t14-/m1/s1. The Kier molecular flexibility index (Phi) is 5.80. The van der Waals surface area contributed by atoms with E-state index in [1.165, 1.54) is 10.3 Å². The van der Waals surface area contributed by atoms with Gasteiger partial charge in [0, 0.05) is 11.8 Å². The van der Waals surface area contributed by atoms with Gasteiger partial charge in [-0.05, 0) is 31.5 Å². The molecule has 4 nitrogen and oxygen atoms in total. The van der Waals surface area contributed by atoms with E-state index < -0.39 is 0 Å². The van der Waals surface area contributed by atoms with Crippen molar-refractivity contribution in [2.45, 2.75) is 40.9 Å². The van der Waals surface area contributed by atoms with E-state index in [4.69, 9.17) is 4.98 Å². The maximum absolute atomic E-state index is 4.70. The van der Waals surface area contributed by atoms with Gasteiger partial charge in [0.15, 0.2) is 9.50 Å². The van der Waals surface area contributed by atoms with Gasteiger partial charge in [0.25, 0.3) is 0 Å². The highest BCUT2D eigenvalue weighted by Crippen LogP contribution is 2.35. The lowest BCUT2D eigenvalue weighted by Crippen LogP contribution is -2.03. The molecule has 0 saturated carbocycles. The number of fused-ring (bicyclic) bond motifs is 1. The quantitative estimate of drug-likeness (QED) is 0.346. The normalized spacial score (nSPS) is 12.5. The summed E-state index contributed by atoms with van der Waals surface area (Å²) in [4.78, 5) is 4.70. The molecule has 0 bridgehead atoms. The Labute approximate surface area is 171 Å². The molecule has 0 aliphatic rings. The number of benzene rings is 2. The first-order valence-corrected chi connectivity index (χ1v) is 11.5. The Balaban J connectivity index is 1.47. The van der Waals surface area contributed by atoms with Crippen molar-refractivity contribution < 1.29 is 0 Å². The van der Waals surface area contributed by atoms with Gasteiger partial charge in [0.1, 0.15) is 5.82 Å². The van der Waals surface area contributed by atoms with Crippen molar-refractivity contribution in [3.05, 3.63) is 66.0 Å². The van der Waals surface area contributed by atoms with Crippen LogP contribution in [0.5, 0.6) is 0 Å². The summed E-state index contributed by atoms with van der Waals surface area (Å²) in [6.07, 6.45) is 0. The van der Waals surface area contributed by atoms with Gasteiger partial charge < -0.3 is 4.57 Å². The Hall–Kier alpha value is -1.83. The fourth-order valence-electron chi connectivity index (χ4n) is 2.82. The minimum absolute atomic E-state index is 0.338. The smallest absolute Gasteiger partial charge is 0.191 e. The first kappa shape index (κ1) is 18.5. The Bertz CT molecular complexity index is 993. The molecule has 0 unspecified atom stereocenters. The molecule has 0 aliphatic heterocycles. The number of thiazole rings is 1. The molecule has 0 radical (unpaired) electrons. The fourth-order valence-corrected chi connectivity index (χ4v) is 5.89. The molecule has 0 aliphatic carbocycles. The maximum atomic E-state index is 4.70. The number of hydrogen-bond acceptors (Lipinski definition) is 6. The van der Waals surface area contributed by atoms with Crippen LogP contribution in [0.2, 0.25) is 0 Å². The summed E-state index contributed by atoms with van der Waals surface area (Å²) in [5.41, 5.74) is 2.37.